The predicted octanol–water partition coefficient (Wildman–Crippen LogP) is 2.39. The molecule has 2 heterocycles. The molecule has 1 fully saturated rings. The summed E-state index contributed by atoms with van der Waals surface area (Å²) < 4.78 is 0. The molecule has 2 aliphatic rings. The van der Waals surface area contributed by atoms with Crippen LogP contribution in [0.3, 0.4) is 0 Å². The first-order valence-corrected chi connectivity index (χ1v) is 5.93. The Morgan fingerprint density at radius 2 is 2.07 bits per heavy atom. The van der Waals surface area contributed by atoms with E-state index in [1.54, 1.807) is 0 Å². The number of anilines is 1. The maximum Gasteiger partial charge on any atom is 0.0426 e. The van der Waals surface area contributed by atoms with E-state index in [1.165, 1.54) is 24.1 Å². The van der Waals surface area contributed by atoms with Gasteiger partial charge in [0.05, 0.1) is 0 Å². The largest absolute Gasteiger partial charge is 0.385 e. The topological polar surface area (TPSA) is 24.1 Å². The van der Waals surface area contributed by atoms with E-state index >= 15 is 0 Å². The highest BCUT2D eigenvalue weighted by molar-refractivity contribution is 6.30. The van der Waals surface area contributed by atoms with Crippen LogP contribution in [0.5, 0.6) is 0 Å². The quantitative estimate of drug-likeness (QED) is 0.705. The molecule has 3 rings (SSSR count). The molecule has 0 aliphatic carbocycles. The average molecular weight is 223 g/mol. The Hall–Kier alpha value is -0.730. The zero-order valence-electron chi connectivity index (χ0n) is 8.65. The summed E-state index contributed by atoms with van der Waals surface area (Å²) in [7, 11) is 0. The number of hydrogen-bond acceptors (Lipinski definition) is 2. The lowest BCUT2D eigenvalue weighted by molar-refractivity contribution is 0.434. The molecule has 2 aliphatic heterocycles. The van der Waals surface area contributed by atoms with E-state index in [0.717, 1.165) is 24.7 Å². The molecule has 2 nitrogen and oxygen atoms in total. The summed E-state index contributed by atoms with van der Waals surface area (Å²) in [6.07, 6.45) is 2.48. The van der Waals surface area contributed by atoms with Crippen molar-refractivity contribution in [3.63, 3.8) is 0 Å². The lowest BCUT2D eigenvalue weighted by Gasteiger charge is -2.35. The Morgan fingerprint density at radius 3 is 2.87 bits per heavy atom. The second-order valence-corrected chi connectivity index (χ2v) is 5.01. The van der Waals surface area contributed by atoms with Gasteiger partial charge < -0.3 is 10.6 Å². The molecule has 1 spiro atoms. The second kappa shape index (κ2) is 3.39. The summed E-state index contributed by atoms with van der Waals surface area (Å²) in [4.78, 5) is 0. The van der Waals surface area contributed by atoms with Crippen LogP contribution in [-0.4, -0.2) is 19.6 Å². The molecule has 1 aromatic carbocycles. The van der Waals surface area contributed by atoms with E-state index in [0.29, 0.717) is 5.41 Å². The third-order valence-electron chi connectivity index (χ3n) is 3.72. The van der Waals surface area contributed by atoms with Gasteiger partial charge in [0.25, 0.3) is 0 Å². The van der Waals surface area contributed by atoms with Gasteiger partial charge in [-0.1, -0.05) is 17.7 Å². The molecule has 0 radical (unpaired) electrons. The molecule has 0 bridgehead atoms. The van der Waals surface area contributed by atoms with Crippen LogP contribution in [0.25, 0.3) is 0 Å². The van der Waals surface area contributed by atoms with Crippen molar-refractivity contribution in [3.8, 4) is 0 Å². The lowest BCUT2D eigenvalue weighted by atomic mass is 9.74. The number of halogens is 1. The third kappa shape index (κ3) is 1.44. The highest BCUT2D eigenvalue weighted by atomic mass is 35.5. The molecule has 15 heavy (non-hydrogen) atoms. The van der Waals surface area contributed by atoms with Gasteiger partial charge in [-0.05, 0) is 37.1 Å². The summed E-state index contributed by atoms with van der Waals surface area (Å²) in [5.74, 6) is 0. The minimum absolute atomic E-state index is 0.366. The van der Waals surface area contributed by atoms with Crippen molar-refractivity contribution in [2.75, 3.05) is 25.0 Å². The monoisotopic (exact) mass is 222 g/mol. The average Bonchev–Trinajstić information content (AvgIpc) is 2.67. The fourth-order valence-electron chi connectivity index (χ4n) is 2.88. The van der Waals surface area contributed by atoms with Crippen molar-refractivity contribution in [1.29, 1.82) is 0 Å². The van der Waals surface area contributed by atoms with Crippen LogP contribution in [0, 0.1) is 0 Å². The van der Waals surface area contributed by atoms with Gasteiger partial charge in [0.1, 0.15) is 0 Å². The maximum atomic E-state index is 6.02. The number of rotatable bonds is 0. The van der Waals surface area contributed by atoms with E-state index in [-0.39, 0.29) is 0 Å². The first-order chi connectivity index (χ1) is 7.30. The maximum absolute atomic E-state index is 6.02. The van der Waals surface area contributed by atoms with E-state index in [1.807, 2.05) is 6.07 Å². The molecule has 1 atom stereocenters. The molecule has 3 heteroatoms. The van der Waals surface area contributed by atoms with Crippen LogP contribution < -0.4 is 10.6 Å². The molecule has 1 unspecified atom stereocenters. The van der Waals surface area contributed by atoms with Gasteiger partial charge in [-0.25, -0.2) is 0 Å². The Balaban J connectivity index is 2.10. The van der Waals surface area contributed by atoms with Crippen molar-refractivity contribution in [1.82, 2.24) is 5.32 Å². The fourth-order valence-corrected chi connectivity index (χ4v) is 3.06. The SMILES string of the molecule is Clc1ccc2c(c1)NCCC21CCNC1. The number of benzene rings is 1. The first kappa shape index (κ1) is 9.49. The van der Waals surface area contributed by atoms with E-state index in [9.17, 15) is 0 Å². The Bertz CT molecular complexity index is 383. The summed E-state index contributed by atoms with van der Waals surface area (Å²) >= 11 is 6.02. The minimum atomic E-state index is 0.366. The van der Waals surface area contributed by atoms with Crippen molar-refractivity contribution in [2.24, 2.45) is 0 Å². The van der Waals surface area contributed by atoms with E-state index < -0.39 is 0 Å². The predicted molar refractivity (Wildman–Crippen MR) is 63.7 cm³/mol. The first-order valence-electron chi connectivity index (χ1n) is 5.55. The van der Waals surface area contributed by atoms with Crippen LogP contribution in [0.2, 0.25) is 5.02 Å². The molecule has 0 aromatic heterocycles. The molecule has 2 N–H and O–H groups in total. The van der Waals surface area contributed by atoms with Crippen LogP contribution in [0.15, 0.2) is 18.2 Å². The zero-order chi connectivity index (χ0) is 10.3. The van der Waals surface area contributed by atoms with Crippen molar-refractivity contribution in [2.45, 2.75) is 18.3 Å². The Morgan fingerprint density at radius 1 is 1.20 bits per heavy atom. The number of nitrogens with one attached hydrogen (secondary N) is 2. The zero-order valence-corrected chi connectivity index (χ0v) is 9.40. The van der Waals surface area contributed by atoms with Gasteiger partial charge >= 0.3 is 0 Å². The third-order valence-corrected chi connectivity index (χ3v) is 3.95. The highest BCUT2D eigenvalue weighted by Gasteiger charge is 2.38. The van der Waals surface area contributed by atoms with E-state index in [2.05, 4.69) is 22.8 Å². The summed E-state index contributed by atoms with van der Waals surface area (Å²) in [6, 6.07) is 6.25. The molecule has 80 valence electrons. The minimum Gasteiger partial charge on any atom is -0.385 e. The molecule has 0 amide bonds. The van der Waals surface area contributed by atoms with Crippen LogP contribution >= 0.6 is 11.6 Å². The number of fused-ring (bicyclic) bond motifs is 2. The summed E-state index contributed by atoms with van der Waals surface area (Å²) in [5, 5.41) is 7.74. The van der Waals surface area contributed by atoms with Gasteiger partial charge in [-0.3, -0.25) is 0 Å². The molecule has 0 saturated carbocycles. The lowest BCUT2D eigenvalue weighted by Crippen LogP contribution is -2.35. The van der Waals surface area contributed by atoms with Crippen LogP contribution in [0.1, 0.15) is 18.4 Å². The van der Waals surface area contributed by atoms with Gasteiger partial charge in [0.15, 0.2) is 0 Å². The fraction of sp³-hybridized carbons (Fsp3) is 0.500. The second-order valence-electron chi connectivity index (χ2n) is 4.57. The molecule has 1 aromatic rings. The van der Waals surface area contributed by atoms with Gasteiger partial charge in [-0.15, -0.1) is 0 Å². The molecular weight excluding hydrogens is 208 g/mol. The van der Waals surface area contributed by atoms with Crippen molar-refractivity contribution >= 4 is 17.3 Å². The highest BCUT2D eigenvalue weighted by Crippen LogP contribution is 2.42. The normalized spacial score (nSPS) is 28.9. The van der Waals surface area contributed by atoms with Gasteiger partial charge in [0.2, 0.25) is 0 Å². The standard InChI is InChI=1S/C12H15ClN2/c13-9-1-2-10-11(7-9)15-6-4-12(10)3-5-14-8-12/h1-2,7,14-15H,3-6,8H2. The molecule has 1 saturated heterocycles. The smallest absolute Gasteiger partial charge is 0.0426 e. The van der Waals surface area contributed by atoms with Gasteiger partial charge in [0, 0.05) is 29.2 Å². The van der Waals surface area contributed by atoms with Crippen LogP contribution in [0.4, 0.5) is 5.69 Å². The van der Waals surface area contributed by atoms with Crippen molar-refractivity contribution in [3.05, 3.63) is 28.8 Å². The van der Waals surface area contributed by atoms with Gasteiger partial charge in [-0.2, -0.15) is 0 Å². The number of hydrogen-bond donors (Lipinski definition) is 2. The molecular formula is C12H15ClN2. The van der Waals surface area contributed by atoms with Crippen LogP contribution in [-0.2, 0) is 5.41 Å². The van der Waals surface area contributed by atoms with E-state index in [4.69, 9.17) is 11.6 Å². The summed E-state index contributed by atoms with van der Waals surface area (Å²) in [6.45, 7) is 3.32. The Kier molecular flexibility index (Phi) is 2.15. The summed E-state index contributed by atoms with van der Waals surface area (Å²) in [5.41, 5.74) is 3.05. The Labute approximate surface area is 95.0 Å². The van der Waals surface area contributed by atoms with Crippen molar-refractivity contribution < 1.29 is 0 Å².